The highest BCUT2D eigenvalue weighted by molar-refractivity contribution is 5.76. The lowest BCUT2D eigenvalue weighted by Crippen LogP contribution is -2.28. The van der Waals surface area contributed by atoms with Crippen LogP contribution in [0.15, 0.2) is 48.5 Å². The Morgan fingerprint density at radius 3 is 2.31 bits per heavy atom. The number of hydrogen-bond donors (Lipinski definition) is 1. The first-order valence-corrected chi connectivity index (χ1v) is 8.22. The van der Waals surface area contributed by atoms with Crippen molar-refractivity contribution in [1.29, 1.82) is 0 Å². The Morgan fingerprint density at radius 1 is 1.00 bits per heavy atom. The van der Waals surface area contributed by atoms with Crippen molar-refractivity contribution in [3.05, 3.63) is 59.7 Å². The third-order valence-electron chi connectivity index (χ3n) is 3.80. The Balaban J connectivity index is 1.99. The molecule has 0 aliphatic rings. The zero-order chi connectivity index (χ0) is 18.9. The molecule has 0 heterocycles. The molecule has 26 heavy (non-hydrogen) atoms. The van der Waals surface area contributed by atoms with Crippen molar-refractivity contribution in [1.82, 2.24) is 5.32 Å². The van der Waals surface area contributed by atoms with Crippen LogP contribution in [-0.2, 0) is 20.9 Å². The van der Waals surface area contributed by atoms with Gasteiger partial charge in [-0.2, -0.15) is 0 Å². The van der Waals surface area contributed by atoms with Crippen molar-refractivity contribution in [2.75, 3.05) is 14.2 Å². The Morgan fingerprint density at radius 2 is 1.69 bits per heavy atom. The van der Waals surface area contributed by atoms with Gasteiger partial charge in [0.25, 0.3) is 0 Å². The van der Waals surface area contributed by atoms with Gasteiger partial charge < -0.3 is 19.5 Å². The van der Waals surface area contributed by atoms with Crippen LogP contribution in [-0.4, -0.2) is 26.1 Å². The first-order valence-electron chi connectivity index (χ1n) is 8.22. The van der Waals surface area contributed by atoms with Crippen molar-refractivity contribution >= 4 is 11.9 Å². The average molecular weight is 357 g/mol. The van der Waals surface area contributed by atoms with E-state index in [0.717, 1.165) is 11.1 Å². The zero-order valence-electron chi connectivity index (χ0n) is 15.2. The van der Waals surface area contributed by atoms with Crippen LogP contribution >= 0.6 is 0 Å². The highest BCUT2D eigenvalue weighted by Crippen LogP contribution is 2.28. The largest absolute Gasteiger partial charge is 0.493 e. The van der Waals surface area contributed by atoms with Gasteiger partial charge in [0.2, 0.25) is 5.91 Å². The number of nitrogens with one attached hydrogen (secondary N) is 1. The number of amides is 1. The minimum atomic E-state index is -0.424. The molecule has 0 bridgehead atoms. The van der Waals surface area contributed by atoms with Gasteiger partial charge in [0.15, 0.2) is 11.5 Å². The molecule has 2 rings (SSSR count). The lowest BCUT2D eigenvalue weighted by molar-refractivity contribution is -0.145. The van der Waals surface area contributed by atoms with Gasteiger partial charge in [-0.3, -0.25) is 9.59 Å². The second-order valence-corrected chi connectivity index (χ2v) is 5.72. The van der Waals surface area contributed by atoms with Crippen LogP contribution in [0.4, 0.5) is 0 Å². The molecule has 1 N–H and O–H groups in total. The summed E-state index contributed by atoms with van der Waals surface area (Å²) in [4.78, 5) is 23.7. The van der Waals surface area contributed by atoms with Crippen molar-refractivity contribution in [2.45, 2.75) is 26.0 Å². The molecule has 0 aliphatic carbocycles. The fraction of sp³-hybridized carbons (Fsp3) is 0.300. The summed E-state index contributed by atoms with van der Waals surface area (Å²) < 4.78 is 15.8. The maximum absolute atomic E-state index is 12.2. The first kappa shape index (κ1) is 19.3. The van der Waals surface area contributed by atoms with Gasteiger partial charge >= 0.3 is 5.97 Å². The van der Waals surface area contributed by atoms with E-state index in [1.54, 1.807) is 32.4 Å². The quantitative estimate of drug-likeness (QED) is 0.735. The van der Waals surface area contributed by atoms with Gasteiger partial charge in [-0.1, -0.05) is 36.4 Å². The third kappa shape index (κ3) is 5.51. The Labute approximate surface area is 153 Å². The van der Waals surface area contributed by atoms with E-state index in [1.807, 2.05) is 30.3 Å². The molecule has 0 spiro atoms. The van der Waals surface area contributed by atoms with Gasteiger partial charge in [-0.15, -0.1) is 0 Å². The van der Waals surface area contributed by atoms with Crippen LogP contribution in [0.3, 0.4) is 0 Å². The van der Waals surface area contributed by atoms with Crippen LogP contribution in [0.1, 0.15) is 30.5 Å². The normalized spacial score (nSPS) is 11.3. The summed E-state index contributed by atoms with van der Waals surface area (Å²) in [6, 6.07) is 14.2. The summed E-state index contributed by atoms with van der Waals surface area (Å²) in [7, 11) is 3.11. The van der Waals surface area contributed by atoms with Crippen LogP contribution in [0, 0.1) is 0 Å². The summed E-state index contributed by atoms with van der Waals surface area (Å²) in [6.45, 7) is 1.53. The molecular formula is C20H23NO5. The van der Waals surface area contributed by atoms with E-state index in [0.29, 0.717) is 11.5 Å². The Bertz CT molecular complexity index is 745. The minimum Gasteiger partial charge on any atom is -0.493 e. The highest BCUT2D eigenvalue weighted by atomic mass is 16.5. The van der Waals surface area contributed by atoms with Gasteiger partial charge in [0, 0.05) is 6.92 Å². The minimum absolute atomic E-state index is 0.0525. The van der Waals surface area contributed by atoms with Crippen molar-refractivity contribution in [2.24, 2.45) is 0 Å². The van der Waals surface area contributed by atoms with E-state index >= 15 is 0 Å². The first-order chi connectivity index (χ1) is 12.5. The van der Waals surface area contributed by atoms with Crippen molar-refractivity contribution < 1.29 is 23.8 Å². The third-order valence-corrected chi connectivity index (χ3v) is 3.80. The summed E-state index contributed by atoms with van der Waals surface area (Å²) in [5.41, 5.74) is 1.64. The molecule has 2 aromatic carbocycles. The molecule has 0 fully saturated rings. The van der Waals surface area contributed by atoms with Gasteiger partial charge in [-0.05, 0) is 23.3 Å². The molecule has 0 saturated carbocycles. The van der Waals surface area contributed by atoms with E-state index in [9.17, 15) is 9.59 Å². The number of methoxy groups -OCH3 is 2. The molecule has 0 unspecified atom stereocenters. The van der Waals surface area contributed by atoms with E-state index in [-0.39, 0.29) is 18.9 Å². The van der Waals surface area contributed by atoms with E-state index in [2.05, 4.69) is 5.32 Å². The highest BCUT2D eigenvalue weighted by Gasteiger charge is 2.18. The van der Waals surface area contributed by atoms with Gasteiger partial charge in [-0.25, -0.2) is 0 Å². The fourth-order valence-corrected chi connectivity index (χ4v) is 2.54. The second-order valence-electron chi connectivity index (χ2n) is 5.72. The Hall–Kier alpha value is -3.02. The van der Waals surface area contributed by atoms with Gasteiger partial charge in [0.1, 0.15) is 6.61 Å². The zero-order valence-corrected chi connectivity index (χ0v) is 15.2. The smallest absolute Gasteiger partial charge is 0.308 e. The molecule has 1 amide bonds. The average Bonchev–Trinajstić information content (AvgIpc) is 2.66. The number of benzene rings is 2. The van der Waals surface area contributed by atoms with Crippen LogP contribution in [0.25, 0.3) is 0 Å². The van der Waals surface area contributed by atoms with E-state index in [4.69, 9.17) is 14.2 Å². The van der Waals surface area contributed by atoms with E-state index in [1.165, 1.54) is 6.92 Å². The van der Waals surface area contributed by atoms with Crippen LogP contribution in [0.5, 0.6) is 11.5 Å². The molecule has 0 saturated heterocycles. The Kier molecular flexibility index (Phi) is 7.02. The summed E-state index contributed by atoms with van der Waals surface area (Å²) in [5, 5.41) is 2.78. The maximum Gasteiger partial charge on any atom is 0.308 e. The van der Waals surface area contributed by atoms with E-state index < -0.39 is 12.0 Å². The molecule has 6 nitrogen and oxygen atoms in total. The van der Waals surface area contributed by atoms with Gasteiger partial charge in [0.05, 0.1) is 26.7 Å². The fourth-order valence-electron chi connectivity index (χ4n) is 2.54. The topological polar surface area (TPSA) is 73.9 Å². The molecule has 6 heteroatoms. The lowest BCUT2D eigenvalue weighted by atomic mass is 10.0. The van der Waals surface area contributed by atoms with Crippen molar-refractivity contribution in [3.63, 3.8) is 0 Å². The number of ether oxygens (including phenoxy) is 3. The summed E-state index contributed by atoms with van der Waals surface area (Å²) in [5.74, 6) is 0.577. The molecule has 138 valence electrons. The molecular weight excluding hydrogens is 334 g/mol. The SMILES string of the molecule is COc1ccc(COC(=O)C[C@H](NC(C)=O)c2ccccc2)cc1OC. The predicted octanol–water partition coefficient (Wildman–Crippen LogP) is 3.01. The monoisotopic (exact) mass is 357 g/mol. The molecule has 0 aliphatic heterocycles. The predicted molar refractivity (Wildman–Crippen MR) is 97.0 cm³/mol. The second kappa shape index (κ2) is 9.46. The summed E-state index contributed by atoms with van der Waals surface area (Å²) in [6.07, 6.45) is 0.0525. The molecule has 1 atom stereocenters. The standard InChI is InChI=1S/C20H23NO5/c1-14(22)21-17(16-7-5-4-6-8-16)12-20(23)26-13-15-9-10-18(24-2)19(11-15)25-3/h4-11,17H,12-13H2,1-3H3,(H,21,22)/t17-/m0/s1. The molecule has 0 radical (unpaired) electrons. The number of hydrogen-bond acceptors (Lipinski definition) is 5. The number of carbonyl (C=O) groups excluding carboxylic acids is 2. The molecule has 2 aromatic rings. The number of esters is 1. The molecule has 0 aromatic heterocycles. The number of carbonyl (C=O) groups is 2. The van der Waals surface area contributed by atoms with Crippen LogP contribution < -0.4 is 14.8 Å². The number of rotatable bonds is 8. The van der Waals surface area contributed by atoms with Crippen molar-refractivity contribution in [3.8, 4) is 11.5 Å². The van der Waals surface area contributed by atoms with Crippen LogP contribution in [0.2, 0.25) is 0 Å². The summed E-state index contributed by atoms with van der Waals surface area (Å²) >= 11 is 0. The lowest BCUT2D eigenvalue weighted by Gasteiger charge is -2.17. The maximum atomic E-state index is 12.2.